The smallest absolute Gasteiger partial charge is 0.349 e. The van der Waals surface area contributed by atoms with Crippen LogP contribution >= 0.6 is 0 Å². The average Bonchev–Trinajstić information content (AvgIpc) is 3.05. The predicted molar refractivity (Wildman–Crippen MR) is 120 cm³/mol. The Kier molecular flexibility index (Phi) is 5.46. The van der Waals surface area contributed by atoms with Crippen LogP contribution in [0.15, 0.2) is 69.3 Å². The highest BCUT2D eigenvalue weighted by molar-refractivity contribution is 5.82. The molecular weight excluding hydrogens is 412 g/mol. The monoisotopic (exact) mass is 432 g/mol. The zero-order valence-corrected chi connectivity index (χ0v) is 17.4. The topological polar surface area (TPSA) is 119 Å². The second-order valence-electron chi connectivity index (χ2n) is 7.18. The molecule has 0 saturated heterocycles. The number of rotatable bonds is 6. The largest absolute Gasteiger partial charge is 0.482 e. The lowest BCUT2D eigenvalue weighted by Gasteiger charge is -2.11. The summed E-state index contributed by atoms with van der Waals surface area (Å²) in [5.41, 5.74) is 2.72. The minimum Gasteiger partial charge on any atom is -0.482 e. The molecule has 2 aromatic carbocycles. The summed E-state index contributed by atoms with van der Waals surface area (Å²) in [5, 5.41) is 13.2. The lowest BCUT2D eigenvalue weighted by atomic mass is 10.2. The highest BCUT2D eigenvalue weighted by atomic mass is 16.5. The average molecular weight is 432 g/mol. The van der Waals surface area contributed by atoms with E-state index in [1.807, 2.05) is 36.6 Å². The number of H-pyrrole nitrogens is 1. The summed E-state index contributed by atoms with van der Waals surface area (Å²) >= 11 is 0. The van der Waals surface area contributed by atoms with Gasteiger partial charge in [-0.15, -0.1) is 4.68 Å². The predicted octanol–water partition coefficient (Wildman–Crippen LogP) is 2.44. The molecule has 0 aliphatic heterocycles. The molecule has 2 aromatic heterocycles. The minimum atomic E-state index is -1.04. The molecular formula is C23H20N4O5. The number of hydrogen-bond donors (Lipinski definition) is 2. The number of ether oxygens (including phenoxy) is 1. The van der Waals surface area contributed by atoms with Crippen LogP contribution in [0.1, 0.15) is 17.0 Å². The standard InChI is InChI=1S/C23H20N4O5/c1-14-11-16(12-24-27-22(30)19-5-3-4-6-20(19)25-23(27)31)15(2)26(14)17-7-9-18(10-8-17)32-13-21(28)29/h3-12H,13H2,1-2H3,(H,25,31)(H,28,29). The number of para-hydroxylation sites is 1. The third-order valence-electron chi connectivity index (χ3n) is 5.02. The van der Waals surface area contributed by atoms with Crippen LogP contribution in [-0.4, -0.2) is 38.1 Å². The molecule has 4 aromatic rings. The van der Waals surface area contributed by atoms with Gasteiger partial charge in [0, 0.05) is 22.6 Å². The number of carboxylic acids is 1. The number of carbonyl (C=O) groups is 1. The van der Waals surface area contributed by atoms with Gasteiger partial charge < -0.3 is 19.4 Å². The van der Waals surface area contributed by atoms with Crippen LogP contribution in [0.2, 0.25) is 0 Å². The van der Waals surface area contributed by atoms with Crippen LogP contribution in [0.4, 0.5) is 0 Å². The summed E-state index contributed by atoms with van der Waals surface area (Å²) in [7, 11) is 0. The summed E-state index contributed by atoms with van der Waals surface area (Å²) in [6, 6.07) is 15.7. The van der Waals surface area contributed by atoms with Gasteiger partial charge in [0.15, 0.2) is 6.61 Å². The van der Waals surface area contributed by atoms with Crippen molar-refractivity contribution in [2.75, 3.05) is 6.61 Å². The first-order valence-corrected chi connectivity index (χ1v) is 9.77. The van der Waals surface area contributed by atoms with E-state index in [9.17, 15) is 14.4 Å². The van der Waals surface area contributed by atoms with Gasteiger partial charge in [0.2, 0.25) is 0 Å². The highest BCUT2D eigenvalue weighted by Crippen LogP contribution is 2.22. The summed E-state index contributed by atoms with van der Waals surface area (Å²) in [5.74, 6) is -0.588. The fourth-order valence-electron chi connectivity index (χ4n) is 3.53. The Hall–Kier alpha value is -4.40. The highest BCUT2D eigenvalue weighted by Gasteiger charge is 2.11. The number of fused-ring (bicyclic) bond motifs is 1. The molecule has 0 saturated carbocycles. The molecule has 9 heteroatoms. The molecule has 0 spiro atoms. The summed E-state index contributed by atoms with van der Waals surface area (Å²) < 4.78 is 7.96. The lowest BCUT2D eigenvalue weighted by molar-refractivity contribution is -0.139. The van der Waals surface area contributed by atoms with E-state index in [1.165, 1.54) is 6.21 Å². The molecule has 0 fully saturated rings. The van der Waals surface area contributed by atoms with Gasteiger partial charge in [0.05, 0.1) is 17.1 Å². The quantitative estimate of drug-likeness (QED) is 0.454. The number of benzene rings is 2. The van der Waals surface area contributed by atoms with E-state index in [-0.39, 0.29) is 0 Å². The van der Waals surface area contributed by atoms with E-state index in [0.717, 1.165) is 27.3 Å². The molecule has 32 heavy (non-hydrogen) atoms. The zero-order valence-electron chi connectivity index (χ0n) is 17.4. The van der Waals surface area contributed by atoms with Crippen molar-refractivity contribution in [3.8, 4) is 11.4 Å². The van der Waals surface area contributed by atoms with E-state index in [1.54, 1.807) is 36.4 Å². The lowest BCUT2D eigenvalue weighted by Crippen LogP contribution is -2.32. The Morgan fingerprint density at radius 3 is 2.56 bits per heavy atom. The van der Waals surface area contributed by atoms with Crippen molar-refractivity contribution < 1.29 is 14.6 Å². The Labute approximate surface area is 181 Å². The maximum atomic E-state index is 12.7. The number of nitrogens with zero attached hydrogens (tertiary/aromatic N) is 3. The third-order valence-corrected chi connectivity index (χ3v) is 5.02. The van der Waals surface area contributed by atoms with E-state index in [2.05, 4.69) is 10.1 Å². The van der Waals surface area contributed by atoms with Crippen molar-refractivity contribution in [2.24, 2.45) is 5.10 Å². The molecule has 0 atom stereocenters. The third kappa shape index (κ3) is 3.95. The Bertz CT molecular complexity index is 1460. The van der Waals surface area contributed by atoms with Gasteiger partial charge in [-0.3, -0.25) is 4.79 Å². The van der Waals surface area contributed by atoms with Crippen molar-refractivity contribution in [3.05, 3.63) is 92.4 Å². The summed E-state index contributed by atoms with van der Waals surface area (Å²) in [6.07, 6.45) is 1.48. The zero-order chi connectivity index (χ0) is 22.8. The van der Waals surface area contributed by atoms with Crippen LogP contribution in [0.25, 0.3) is 16.6 Å². The Balaban J connectivity index is 1.66. The maximum Gasteiger partial charge on any atom is 0.349 e. The summed E-state index contributed by atoms with van der Waals surface area (Å²) in [6.45, 7) is 3.42. The van der Waals surface area contributed by atoms with Crippen LogP contribution in [0, 0.1) is 13.8 Å². The SMILES string of the molecule is Cc1cc(C=Nn2c(=O)[nH]c3ccccc3c2=O)c(C)n1-c1ccc(OCC(=O)O)cc1. The van der Waals surface area contributed by atoms with Gasteiger partial charge in [0.25, 0.3) is 5.56 Å². The first kappa shape index (κ1) is 20.9. The molecule has 2 N–H and O–H groups in total. The van der Waals surface area contributed by atoms with Crippen molar-refractivity contribution >= 4 is 23.1 Å². The molecule has 0 unspecified atom stereocenters. The van der Waals surface area contributed by atoms with E-state index in [0.29, 0.717) is 16.7 Å². The van der Waals surface area contributed by atoms with Crippen molar-refractivity contribution in [3.63, 3.8) is 0 Å². The maximum absolute atomic E-state index is 12.7. The van der Waals surface area contributed by atoms with E-state index in [4.69, 9.17) is 9.84 Å². The fourth-order valence-corrected chi connectivity index (χ4v) is 3.53. The molecule has 0 aliphatic rings. The number of aromatic amines is 1. The summed E-state index contributed by atoms with van der Waals surface area (Å²) in [4.78, 5) is 38.3. The molecule has 2 heterocycles. The molecule has 162 valence electrons. The fraction of sp³-hybridized carbons (Fsp3) is 0.130. The number of carboxylic acid groups (broad SMARTS) is 1. The van der Waals surface area contributed by atoms with Gasteiger partial charge in [-0.1, -0.05) is 12.1 Å². The van der Waals surface area contributed by atoms with Crippen molar-refractivity contribution in [1.82, 2.24) is 14.2 Å². The van der Waals surface area contributed by atoms with Gasteiger partial charge in [-0.05, 0) is 56.3 Å². The number of hydrogen-bond acceptors (Lipinski definition) is 5. The second kappa shape index (κ2) is 8.38. The molecule has 0 aliphatic carbocycles. The number of nitrogens with one attached hydrogen (secondary N) is 1. The second-order valence-corrected chi connectivity index (χ2v) is 7.18. The number of aromatic nitrogens is 3. The number of aryl methyl sites for hydroxylation is 1. The van der Waals surface area contributed by atoms with Crippen LogP contribution in [0.5, 0.6) is 5.75 Å². The van der Waals surface area contributed by atoms with Crippen LogP contribution in [0.3, 0.4) is 0 Å². The first-order chi connectivity index (χ1) is 15.3. The van der Waals surface area contributed by atoms with Crippen molar-refractivity contribution in [2.45, 2.75) is 13.8 Å². The van der Waals surface area contributed by atoms with E-state index >= 15 is 0 Å². The molecule has 0 radical (unpaired) electrons. The molecule has 0 amide bonds. The molecule has 9 nitrogen and oxygen atoms in total. The molecule has 0 bridgehead atoms. The van der Waals surface area contributed by atoms with Crippen molar-refractivity contribution in [1.29, 1.82) is 0 Å². The van der Waals surface area contributed by atoms with Gasteiger partial charge in [0.1, 0.15) is 5.75 Å². The van der Waals surface area contributed by atoms with Gasteiger partial charge >= 0.3 is 11.7 Å². The normalized spacial score (nSPS) is 11.3. The van der Waals surface area contributed by atoms with E-state index < -0.39 is 23.8 Å². The van der Waals surface area contributed by atoms with Crippen LogP contribution in [-0.2, 0) is 4.79 Å². The van der Waals surface area contributed by atoms with Gasteiger partial charge in [-0.25, -0.2) is 9.59 Å². The Morgan fingerprint density at radius 2 is 1.84 bits per heavy atom. The first-order valence-electron chi connectivity index (χ1n) is 9.77. The Morgan fingerprint density at radius 1 is 1.12 bits per heavy atom. The minimum absolute atomic E-state index is 0.375. The molecule has 4 rings (SSSR count). The number of aliphatic carboxylic acids is 1. The van der Waals surface area contributed by atoms with Crippen LogP contribution < -0.4 is 16.0 Å². The van der Waals surface area contributed by atoms with Gasteiger partial charge in [-0.2, -0.15) is 5.10 Å².